The lowest BCUT2D eigenvalue weighted by Crippen LogP contribution is -2.54. The topological polar surface area (TPSA) is 46.3 Å². The number of Topliss-reactive ketones (excluding diaryl/α,β-unsaturated/α-hetero) is 1. The van der Waals surface area contributed by atoms with Gasteiger partial charge in [-0.3, -0.25) is 4.79 Å². The maximum Gasteiger partial charge on any atom is 0.190 e. The molecule has 0 atom stereocenters. The molecule has 1 rings (SSSR count). The first-order chi connectivity index (χ1) is 8.36. The van der Waals surface area contributed by atoms with Crippen LogP contribution in [-0.4, -0.2) is 37.7 Å². The fourth-order valence-electron chi connectivity index (χ4n) is 1.47. The van der Waals surface area contributed by atoms with Crippen LogP contribution in [0.4, 0.5) is 4.39 Å². The number of ketones is 1. The highest BCUT2D eigenvalue weighted by atomic mass is 127. The standard InChI is InChI=1S/C12H18FIN2OS/c1-9(17)6-11(15)4-5-18-10(2)16-7-12(13,8-16)14-3/h4H,2-3,5-8,15H2,1H3/b11-4-. The number of allylic oxidation sites excluding steroid dienone is 1. The van der Waals surface area contributed by atoms with Crippen molar-refractivity contribution in [3.05, 3.63) is 23.4 Å². The Bertz CT molecular complexity index is 392. The van der Waals surface area contributed by atoms with E-state index in [2.05, 4.69) is 11.1 Å². The van der Waals surface area contributed by atoms with Crippen molar-refractivity contribution < 1.29 is 9.18 Å². The van der Waals surface area contributed by atoms with E-state index in [1.807, 2.05) is 11.0 Å². The number of alkyl halides is 2. The van der Waals surface area contributed by atoms with Crippen molar-refractivity contribution in [3.8, 4) is 0 Å². The Balaban J connectivity index is 2.27. The maximum absolute atomic E-state index is 13.7. The summed E-state index contributed by atoms with van der Waals surface area (Å²) in [6.45, 7) is 6.26. The number of carbonyl (C=O) groups excluding carboxylic acids is 1. The predicted molar refractivity (Wildman–Crippen MR) is 85.7 cm³/mol. The zero-order valence-corrected chi connectivity index (χ0v) is 13.4. The third kappa shape index (κ3) is 4.72. The van der Waals surface area contributed by atoms with Gasteiger partial charge in [-0.05, 0) is 6.92 Å². The van der Waals surface area contributed by atoms with Gasteiger partial charge in [-0.1, -0.05) is 37.9 Å². The van der Waals surface area contributed by atoms with Gasteiger partial charge >= 0.3 is 0 Å². The summed E-state index contributed by atoms with van der Waals surface area (Å²) < 4.78 is 16.3. The molecule has 18 heavy (non-hydrogen) atoms. The molecule has 0 radical (unpaired) electrons. The SMILES string of the molecule is C=IC1(F)CN(C(=C)SC/C=C(\N)CC(C)=O)C1. The molecular formula is C12H18FIN2OS. The zero-order chi connectivity index (χ0) is 13.8. The van der Waals surface area contributed by atoms with Gasteiger partial charge in [-0.2, -0.15) is 0 Å². The van der Waals surface area contributed by atoms with Crippen LogP contribution in [0.15, 0.2) is 23.4 Å². The van der Waals surface area contributed by atoms with Gasteiger partial charge in [0.1, 0.15) is 5.78 Å². The number of nitrogens with zero attached hydrogens (tertiary/aromatic N) is 1. The highest BCUT2D eigenvalue weighted by molar-refractivity contribution is 14.2. The van der Waals surface area contributed by atoms with E-state index in [-0.39, 0.29) is 12.2 Å². The average Bonchev–Trinajstić information content (AvgIpc) is 2.23. The Morgan fingerprint density at radius 3 is 2.78 bits per heavy atom. The number of nitrogens with two attached hydrogens (primary N) is 1. The van der Waals surface area contributed by atoms with E-state index in [9.17, 15) is 9.18 Å². The number of thioether (sulfide) groups is 1. The van der Waals surface area contributed by atoms with Gasteiger partial charge < -0.3 is 10.6 Å². The smallest absolute Gasteiger partial charge is 0.190 e. The van der Waals surface area contributed by atoms with Crippen LogP contribution in [0.1, 0.15) is 13.3 Å². The average molecular weight is 384 g/mol. The molecule has 0 spiro atoms. The second-order valence-corrected chi connectivity index (χ2v) is 8.00. The van der Waals surface area contributed by atoms with Crippen LogP contribution in [0.3, 0.4) is 0 Å². The van der Waals surface area contributed by atoms with Gasteiger partial charge in [0.2, 0.25) is 0 Å². The van der Waals surface area contributed by atoms with Crippen molar-refractivity contribution >= 4 is 42.8 Å². The van der Waals surface area contributed by atoms with Crippen LogP contribution in [0.2, 0.25) is 0 Å². The molecule has 0 amide bonds. The summed E-state index contributed by atoms with van der Waals surface area (Å²) in [4.78, 5) is 12.7. The van der Waals surface area contributed by atoms with Crippen LogP contribution < -0.4 is 5.73 Å². The summed E-state index contributed by atoms with van der Waals surface area (Å²) in [6.07, 6.45) is 2.10. The molecule has 0 aliphatic carbocycles. The molecule has 0 aromatic rings. The highest BCUT2D eigenvalue weighted by Crippen LogP contribution is 2.39. The Hall–Kier alpha value is -0.370. The van der Waals surface area contributed by atoms with Gasteiger partial charge in [0, 0.05) is 17.9 Å². The highest BCUT2D eigenvalue weighted by Gasteiger charge is 2.42. The van der Waals surface area contributed by atoms with E-state index in [4.69, 9.17) is 5.73 Å². The Labute approximate surface area is 121 Å². The molecule has 1 aliphatic heterocycles. The van der Waals surface area contributed by atoms with Crippen molar-refractivity contribution in [3.63, 3.8) is 0 Å². The minimum absolute atomic E-state index is 0.0527. The molecule has 1 saturated heterocycles. The molecule has 3 nitrogen and oxygen atoms in total. The van der Waals surface area contributed by atoms with E-state index in [0.717, 1.165) is 5.03 Å². The molecule has 102 valence electrons. The minimum Gasteiger partial charge on any atom is -0.402 e. The molecule has 1 fully saturated rings. The summed E-state index contributed by atoms with van der Waals surface area (Å²) in [5.41, 5.74) is 6.25. The molecule has 0 bridgehead atoms. The number of likely N-dealkylation sites (tertiary alicyclic amines) is 1. The molecule has 6 heteroatoms. The lowest BCUT2D eigenvalue weighted by molar-refractivity contribution is -0.116. The molecule has 0 unspecified atom stereocenters. The van der Waals surface area contributed by atoms with Crippen LogP contribution in [0.25, 0.3) is 0 Å². The molecule has 0 saturated carbocycles. The molecule has 1 heterocycles. The van der Waals surface area contributed by atoms with Crippen LogP contribution in [0.5, 0.6) is 0 Å². The fraction of sp³-hybridized carbons (Fsp3) is 0.500. The number of hydrogen-bond donors (Lipinski definition) is 1. The predicted octanol–water partition coefficient (Wildman–Crippen LogP) is 2.40. The Kier molecular flexibility index (Phi) is 5.84. The first-order valence-corrected chi connectivity index (χ1v) is 9.04. The van der Waals surface area contributed by atoms with E-state index in [1.165, 1.54) is 18.7 Å². The summed E-state index contributed by atoms with van der Waals surface area (Å²) >= 11 is 0.898. The van der Waals surface area contributed by atoms with E-state index < -0.39 is 24.4 Å². The van der Waals surface area contributed by atoms with Crippen LogP contribution in [-0.2, 0) is 4.79 Å². The van der Waals surface area contributed by atoms with Gasteiger partial charge in [0.25, 0.3) is 0 Å². The van der Waals surface area contributed by atoms with Gasteiger partial charge in [0.05, 0.1) is 18.1 Å². The Morgan fingerprint density at radius 2 is 2.28 bits per heavy atom. The van der Waals surface area contributed by atoms with Gasteiger partial charge in [-0.15, -0.1) is 11.8 Å². The van der Waals surface area contributed by atoms with Crippen molar-refractivity contribution in [2.45, 2.75) is 17.0 Å². The third-order valence-corrected chi connectivity index (χ3v) is 5.46. The van der Waals surface area contributed by atoms with E-state index in [1.54, 1.807) is 0 Å². The first kappa shape index (κ1) is 15.7. The molecule has 2 N–H and O–H groups in total. The second kappa shape index (κ2) is 6.70. The normalized spacial score (nSPS) is 18.3. The summed E-state index contributed by atoms with van der Waals surface area (Å²) in [7, 11) is 0. The number of halogens is 2. The summed E-state index contributed by atoms with van der Waals surface area (Å²) in [6, 6.07) is 0. The van der Waals surface area contributed by atoms with Crippen LogP contribution in [0, 0.1) is 0 Å². The third-order valence-electron chi connectivity index (χ3n) is 2.49. The van der Waals surface area contributed by atoms with Crippen molar-refractivity contribution in [1.82, 2.24) is 4.90 Å². The quantitative estimate of drug-likeness (QED) is 0.541. The maximum atomic E-state index is 13.7. The first-order valence-electron chi connectivity index (χ1n) is 5.45. The lowest BCUT2D eigenvalue weighted by Gasteiger charge is -2.44. The molecule has 0 aromatic heterocycles. The monoisotopic (exact) mass is 384 g/mol. The number of carbonyl (C=O) groups is 1. The minimum atomic E-state index is -1.04. The number of hydrogen-bond acceptors (Lipinski definition) is 4. The largest absolute Gasteiger partial charge is 0.402 e. The lowest BCUT2D eigenvalue weighted by atomic mass is 10.2. The second-order valence-electron chi connectivity index (χ2n) is 4.21. The van der Waals surface area contributed by atoms with Gasteiger partial charge in [-0.25, -0.2) is 4.39 Å². The fourth-order valence-corrected chi connectivity index (χ4v) is 3.58. The van der Waals surface area contributed by atoms with E-state index >= 15 is 0 Å². The van der Waals surface area contributed by atoms with Crippen molar-refractivity contribution in [2.75, 3.05) is 18.8 Å². The zero-order valence-electron chi connectivity index (χ0n) is 10.4. The molecule has 1 aliphatic rings. The van der Waals surface area contributed by atoms with Crippen molar-refractivity contribution in [2.24, 2.45) is 5.73 Å². The van der Waals surface area contributed by atoms with Crippen molar-refractivity contribution in [1.29, 1.82) is 0 Å². The summed E-state index contributed by atoms with van der Waals surface area (Å²) in [5, 5.41) is 0.854. The Morgan fingerprint density at radius 1 is 1.67 bits per heavy atom. The van der Waals surface area contributed by atoms with Crippen LogP contribution >= 0.6 is 32.5 Å². The molecular weight excluding hydrogens is 366 g/mol. The van der Waals surface area contributed by atoms with Gasteiger partial charge in [0.15, 0.2) is 3.68 Å². The summed E-state index contributed by atoms with van der Waals surface area (Å²) in [5.74, 6) is 0.713. The van der Waals surface area contributed by atoms with E-state index in [0.29, 0.717) is 24.5 Å². The number of rotatable bonds is 7. The molecule has 0 aromatic carbocycles.